The van der Waals surface area contributed by atoms with Gasteiger partial charge in [-0.1, -0.05) is 25.4 Å². The van der Waals surface area contributed by atoms with Gasteiger partial charge in [-0.3, -0.25) is 14.9 Å². The minimum atomic E-state index is -0.366. The van der Waals surface area contributed by atoms with Crippen molar-refractivity contribution in [1.29, 1.82) is 0 Å². The van der Waals surface area contributed by atoms with Crippen molar-refractivity contribution < 1.29 is 9.72 Å². The van der Waals surface area contributed by atoms with Gasteiger partial charge in [0.05, 0.1) is 4.92 Å². The number of rotatable bonds is 6. The molecule has 1 saturated heterocycles. The van der Waals surface area contributed by atoms with E-state index in [1.165, 1.54) is 0 Å². The molecule has 154 valence electrons. The van der Waals surface area contributed by atoms with Gasteiger partial charge in [-0.2, -0.15) is 0 Å². The van der Waals surface area contributed by atoms with E-state index in [-0.39, 0.29) is 16.5 Å². The summed E-state index contributed by atoms with van der Waals surface area (Å²) >= 11 is 5.89. The first-order valence-corrected chi connectivity index (χ1v) is 10.0. The molecule has 2 aromatic rings. The molecule has 1 amide bonds. The summed E-state index contributed by atoms with van der Waals surface area (Å²) in [5.74, 6) is 0.366. The lowest BCUT2D eigenvalue weighted by Gasteiger charge is -2.36. The van der Waals surface area contributed by atoms with Gasteiger partial charge in [0.15, 0.2) is 0 Å². The second kappa shape index (κ2) is 9.13. The lowest BCUT2D eigenvalue weighted by atomic mass is 10.1. The van der Waals surface area contributed by atoms with Crippen LogP contribution in [0.15, 0.2) is 42.5 Å². The van der Waals surface area contributed by atoms with Crippen LogP contribution in [0.1, 0.15) is 24.2 Å². The van der Waals surface area contributed by atoms with Crippen molar-refractivity contribution in [3.63, 3.8) is 0 Å². The minimum Gasteiger partial charge on any atom is -0.379 e. The number of nitro benzene ring substituents is 1. The summed E-state index contributed by atoms with van der Waals surface area (Å²) in [6.07, 6.45) is 0. The number of halogens is 1. The number of amides is 1. The number of nitro groups is 1. The maximum Gasteiger partial charge on any atom is 0.292 e. The van der Waals surface area contributed by atoms with Gasteiger partial charge in [0.25, 0.3) is 11.6 Å². The Labute approximate surface area is 175 Å². The van der Waals surface area contributed by atoms with Gasteiger partial charge in [0.2, 0.25) is 0 Å². The number of anilines is 2. The third-order valence-corrected chi connectivity index (χ3v) is 5.15. The SMILES string of the molecule is CC(C)CNc1cc(N2CCN(C(=O)c3ccc(Cl)cc3)CC2)ccc1[N+](=O)[O-]. The van der Waals surface area contributed by atoms with E-state index in [0.29, 0.717) is 54.9 Å². The predicted molar refractivity (Wildman–Crippen MR) is 116 cm³/mol. The average Bonchev–Trinajstić information content (AvgIpc) is 2.72. The fraction of sp³-hybridized carbons (Fsp3) is 0.381. The molecule has 0 saturated carbocycles. The molecule has 8 heteroatoms. The molecule has 0 unspecified atom stereocenters. The molecule has 1 N–H and O–H groups in total. The van der Waals surface area contributed by atoms with Crippen molar-refractivity contribution in [2.45, 2.75) is 13.8 Å². The maximum absolute atomic E-state index is 12.7. The van der Waals surface area contributed by atoms with Crippen molar-refractivity contribution in [1.82, 2.24) is 4.90 Å². The van der Waals surface area contributed by atoms with E-state index in [9.17, 15) is 14.9 Å². The lowest BCUT2D eigenvalue weighted by Crippen LogP contribution is -2.48. The van der Waals surface area contributed by atoms with Crippen LogP contribution in [0.2, 0.25) is 5.02 Å². The number of hydrogen-bond acceptors (Lipinski definition) is 5. The summed E-state index contributed by atoms with van der Waals surface area (Å²) in [5.41, 5.74) is 2.14. The Morgan fingerprint density at radius 1 is 1.14 bits per heavy atom. The minimum absolute atomic E-state index is 0.00990. The largest absolute Gasteiger partial charge is 0.379 e. The van der Waals surface area contributed by atoms with E-state index >= 15 is 0 Å². The van der Waals surface area contributed by atoms with Crippen molar-refractivity contribution in [2.24, 2.45) is 5.92 Å². The number of nitrogens with zero attached hydrogens (tertiary/aromatic N) is 3. The molecule has 3 rings (SSSR count). The second-order valence-electron chi connectivity index (χ2n) is 7.52. The summed E-state index contributed by atoms with van der Waals surface area (Å²) in [7, 11) is 0. The van der Waals surface area contributed by atoms with Gasteiger partial charge in [-0.05, 0) is 42.3 Å². The van der Waals surface area contributed by atoms with Gasteiger partial charge in [-0.15, -0.1) is 0 Å². The predicted octanol–water partition coefficient (Wildman–Crippen LogP) is 4.28. The molecule has 1 aliphatic heterocycles. The van der Waals surface area contributed by atoms with E-state index < -0.39 is 0 Å². The molecule has 0 spiro atoms. The van der Waals surface area contributed by atoms with Crippen LogP contribution in [-0.4, -0.2) is 48.5 Å². The highest BCUT2D eigenvalue weighted by molar-refractivity contribution is 6.30. The van der Waals surface area contributed by atoms with Crippen molar-refractivity contribution in [3.8, 4) is 0 Å². The fourth-order valence-corrected chi connectivity index (χ4v) is 3.40. The number of carbonyl (C=O) groups excluding carboxylic acids is 1. The zero-order valence-electron chi connectivity index (χ0n) is 16.6. The van der Waals surface area contributed by atoms with Crippen LogP contribution in [0.5, 0.6) is 0 Å². The Morgan fingerprint density at radius 2 is 1.79 bits per heavy atom. The number of hydrogen-bond donors (Lipinski definition) is 1. The Hall–Kier alpha value is -2.80. The van der Waals surface area contributed by atoms with Gasteiger partial charge in [-0.25, -0.2) is 0 Å². The zero-order chi connectivity index (χ0) is 21.0. The molecule has 7 nitrogen and oxygen atoms in total. The smallest absolute Gasteiger partial charge is 0.292 e. The number of nitrogens with one attached hydrogen (secondary N) is 1. The van der Waals surface area contributed by atoms with Gasteiger partial charge >= 0.3 is 0 Å². The van der Waals surface area contributed by atoms with Crippen LogP contribution in [-0.2, 0) is 0 Å². The Kier molecular flexibility index (Phi) is 6.59. The van der Waals surface area contributed by atoms with E-state index in [2.05, 4.69) is 24.1 Å². The summed E-state index contributed by atoms with van der Waals surface area (Å²) in [6, 6.07) is 12.1. The van der Waals surface area contributed by atoms with Crippen LogP contribution in [0.25, 0.3) is 0 Å². The molecule has 0 atom stereocenters. The summed E-state index contributed by atoms with van der Waals surface area (Å²) in [6.45, 7) is 7.29. The standard InChI is InChI=1S/C21H25ClN4O3/c1-15(2)14-23-19-13-18(7-8-20(19)26(28)29)24-9-11-25(12-10-24)21(27)16-3-5-17(22)6-4-16/h3-8,13,15,23H,9-12,14H2,1-2H3. The third-order valence-electron chi connectivity index (χ3n) is 4.90. The number of carbonyl (C=O) groups is 1. The molecule has 0 bridgehead atoms. The highest BCUT2D eigenvalue weighted by Crippen LogP contribution is 2.30. The molecular weight excluding hydrogens is 392 g/mol. The quantitative estimate of drug-likeness (QED) is 0.561. The maximum atomic E-state index is 12.7. The Balaban J connectivity index is 1.68. The summed E-state index contributed by atoms with van der Waals surface area (Å²) < 4.78 is 0. The van der Waals surface area contributed by atoms with Crippen molar-refractivity contribution in [2.75, 3.05) is 42.9 Å². The monoisotopic (exact) mass is 416 g/mol. The summed E-state index contributed by atoms with van der Waals surface area (Å²) in [4.78, 5) is 27.6. The zero-order valence-corrected chi connectivity index (χ0v) is 17.4. The first-order valence-electron chi connectivity index (χ1n) is 9.67. The highest BCUT2D eigenvalue weighted by atomic mass is 35.5. The lowest BCUT2D eigenvalue weighted by molar-refractivity contribution is -0.383. The molecule has 2 aromatic carbocycles. The fourth-order valence-electron chi connectivity index (χ4n) is 3.28. The molecule has 1 heterocycles. The first-order chi connectivity index (χ1) is 13.8. The first kappa shape index (κ1) is 20.9. The molecule has 1 aliphatic rings. The van der Waals surface area contributed by atoms with Crippen molar-refractivity contribution in [3.05, 3.63) is 63.2 Å². The van der Waals surface area contributed by atoms with Crippen molar-refractivity contribution >= 4 is 34.6 Å². The Morgan fingerprint density at radius 3 is 2.38 bits per heavy atom. The second-order valence-corrected chi connectivity index (χ2v) is 7.96. The Bertz CT molecular complexity index is 878. The van der Waals surface area contributed by atoms with E-state index in [4.69, 9.17) is 11.6 Å². The van der Waals surface area contributed by atoms with Crippen LogP contribution in [0.4, 0.5) is 17.1 Å². The molecule has 1 fully saturated rings. The summed E-state index contributed by atoms with van der Waals surface area (Å²) in [5, 5.41) is 15.1. The topological polar surface area (TPSA) is 78.7 Å². The van der Waals surface area contributed by atoms with E-state index in [1.807, 2.05) is 11.0 Å². The average molecular weight is 417 g/mol. The van der Waals surface area contributed by atoms with E-state index in [0.717, 1.165) is 5.69 Å². The van der Waals surface area contributed by atoms with Crippen LogP contribution in [0, 0.1) is 16.0 Å². The van der Waals surface area contributed by atoms with Crippen LogP contribution in [0.3, 0.4) is 0 Å². The molecule has 0 radical (unpaired) electrons. The third kappa shape index (κ3) is 5.17. The highest BCUT2D eigenvalue weighted by Gasteiger charge is 2.24. The van der Waals surface area contributed by atoms with Crippen LogP contribution < -0.4 is 10.2 Å². The molecule has 0 aliphatic carbocycles. The van der Waals surface area contributed by atoms with Gasteiger partial charge in [0.1, 0.15) is 5.69 Å². The van der Waals surface area contributed by atoms with Gasteiger partial charge < -0.3 is 15.1 Å². The normalized spacial score (nSPS) is 14.2. The van der Waals surface area contributed by atoms with Crippen LogP contribution >= 0.6 is 11.6 Å². The molecule has 0 aromatic heterocycles. The molecular formula is C21H25ClN4O3. The molecule has 29 heavy (non-hydrogen) atoms. The number of benzene rings is 2. The van der Waals surface area contributed by atoms with Gasteiger partial charge in [0, 0.05) is 55.1 Å². The van der Waals surface area contributed by atoms with E-state index in [1.54, 1.807) is 36.4 Å². The number of piperazine rings is 1.